The molecule has 1 heterocycles. The lowest BCUT2D eigenvalue weighted by molar-refractivity contribution is -0.137. The number of carbonyl (C=O) groups excluding carboxylic acids is 2. The van der Waals surface area contributed by atoms with Gasteiger partial charge in [-0.05, 0) is 35.6 Å². The summed E-state index contributed by atoms with van der Waals surface area (Å²) >= 11 is 0. The average Bonchev–Trinajstić information content (AvgIpc) is 3.41. The van der Waals surface area contributed by atoms with Gasteiger partial charge in [0.25, 0.3) is 0 Å². The van der Waals surface area contributed by atoms with Gasteiger partial charge in [-0.15, -0.1) is 0 Å². The number of hydrogen-bond acceptors (Lipinski definition) is 7. The number of amides is 2. The molecular weight excluding hydrogens is 452 g/mol. The first-order valence-electron chi connectivity index (χ1n) is 11.3. The fraction of sp³-hybridized carbons (Fsp3) is 0.320. The maximum Gasteiger partial charge on any atom is 0.407 e. The molecule has 1 aliphatic rings. The molecule has 0 fully saturated rings. The summed E-state index contributed by atoms with van der Waals surface area (Å²) in [6.07, 6.45) is -0.844. The van der Waals surface area contributed by atoms with E-state index in [0.717, 1.165) is 22.3 Å². The van der Waals surface area contributed by atoms with Crippen molar-refractivity contribution in [1.82, 2.24) is 20.8 Å². The van der Waals surface area contributed by atoms with Crippen molar-refractivity contribution >= 4 is 18.0 Å². The summed E-state index contributed by atoms with van der Waals surface area (Å²) in [5.41, 5.74) is 4.34. The zero-order valence-corrected chi connectivity index (χ0v) is 19.2. The number of nitrogens with one attached hydrogen (secondary N) is 2. The first kappa shape index (κ1) is 23.9. The van der Waals surface area contributed by atoms with Gasteiger partial charge < -0.3 is 25.0 Å². The number of aliphatic carboxylic acids is 1. The highest BCUT2D eigenvalue weighted by molar-refractivity contribution is 5.86. The Balaban J connectivity index is 1.35. The maximum absolute atomic E-state index is 12.6. The van der Waals surface area contributed by atoms with Crippen LogP contribution in [0.2, 0.25) is 0 Å². The van der Waals surface area contributed by atoms with Crippen molar-refractivity contribution in [2.75, 3.05) is 13.2 Å². The van der Waals surface area contributed by atoms with Gasteiger partial charge in [-0.2, -0.15) is 4.98 Å². The van der Waals surface area contributed by atoms with Crippen molar-refractivity contribution in [1.29, 1.82) is 0 Å². The van der Waals surface area contributed by atoms with E-state index in [-0.39, 0.29) is 31.9 Å². The molecule has 182 valence electrons. The topological polar surface area (TPSA) is 144 Å². The highest BCUT2D eigenvalue weighted by Crippen LogP contribution is 2.44. The highest BCUT2D eigenvalue weighted by atomic mass is 16.5. The molecule has 0 saturated heterocycles. The largest absolute Gasteiger partial charge is 0.481 e. The number of fused-ring (bicyclic) bond motifs is 3. The van der Waals surface area contributed by atoms with Crippen LogP contribution in [0.1, 0.15) is 41.6 Å². The van der Waals surface area contributed by atoms with E-state index in [0.29, 0.717) is 18.1 Å². The number of aromatic nitrogens is 2. The molecule has 2 aromatic carbocycles. The number of carbonyl (C=O) groups is 3. The Hall–Kier alpha value is -4.21. The normalized spacial score (nSPS) is 12.9. The quantitative estimate of drug-likeness (QED) is 0.404. The Morgan fingerprint density at radius 3 is 2.34 bits per heavy atom. The summed E-state index contributed by atoms with van der Waals surface area (Å²) in [6, 6.07) is 14.9. The van der Waals surface area contributed by atoms with Crippen LogP contribution in [0.25, 0.3) is 11.1 Å². The third-order valence-electron chi connectivity index (χ3n) is 5.81. The number of aryl methyl sites for hydroxylation is 1. The monoisotopic (exact) mass is 478 g/mol. The van der Waals surface area contributed by atoms with Crippen LogP contribution in [-0.2, 0) is 20.7 Å². The summed E-state index contributed by atoms with van der Waals surface area (Å²) in [5.74, 6) is -0.858. The van der Waals surface area contributed by atoms with E-state index in [1.165, 1.54) is 0 Å². The van der Waals surface area contributed by atoms with Crippen molar-refractivity contribution in [2.24, 2.45) is 0 Å². The van der Waals surface area contributed by atoms with E-state index in [1.54, 1.807) is 6.92 Å². The number of hydrogen-bond donors (Lipinski definition) is 3. The van der Waals surface area contributed by atoms with Crippen LogP contribution in [-0.4, -0.2) is 52.4 Å². The molecule has 0 aliphatic heterocycles. The van der Waals surface area contributed by atoms with Gasteiger partial charge >= 0.3 is 12.1 Å². The fourth-order valence-electron chi connectivity index (χ4n) is 4.18. The standard InChI is InChI=1S/C25H26N4O6/c1-15-27-22(35-29-15)12-13-26-24(32)21(10-11-23(30)31)28-25(33)34-14-20-18-8-4-2-6-16(18)17-7-3-5-9-19(17)20/h2-9,20-21H,10-14H2,1H3,(H,26,32)(H,28,33)(H,30,31). The van der Waals surface area contributed by atoms with Crippen molar-refractivity contribution in [3.8, 4) is 11.1 Å². The van der Waals surface area contributed by atoms with Gasteiger partial charge in [0.05, 0.1) is 0 Å². The van der Waals surface area contributed by atoms with Crippen LogP contribution >= 0.6 is 0 Å². The lowest BCUT2D eigenvalue weighted by Crippen LogP contribution is -2.47. The van der Waals surface area contributed by atoms with Gasteiger partial charge in [-0.1, -0.05) is 53.7 Å². The fourth-order valence-corrected chi connectivity index (χ4v) is 4.18. The second-order valence-corrected chi connectivity index (χ2v) is 8.23. The van der Waals surface area contributed by atoms with Crippen molar-refractivity contribution in [2.45, 2.75) is 38.1 Å². The number of benzene rings is 2. The third-order valence-corrected chi connectivity index (χ3v) is 5.81. The van der Waals surface area contributed by atoms with Crippen molar-refractivity contribution in [3.05, 3.63) is 71.4 Å². The number of rotatable bonds is 10. The van der Waals surface area contributed by atoms with Gasteiger partial charge in [0.2, 0.25) is 11.8 Å². The number of nitrogens with zero attached hydrogens (tertiary/aromatic N) is 2. The van der Waals surface area contributed by atoms with E-state index < -0.39 is 24.0 Å². The molecule has 3 aromatic rings. The van der Waals surface area contributed by atoms with Crippen LogP contribution in [0, 0.1) is 6.92 Å². The average molecular weight is 479 g/mol. The Kier molecular flexibility index (Phi) is 7.39. The lowest BCUT2D eigenvalue weighted by Gasteiger charge is -2.19. The van der Waals surface area contributed by atoms with E-state index in [1.807, 2.05) is 48.5 Å². The van der Waals surface area contributed by atoms with Gasteiger partial charge in [0.1, 0.15) is 12.6 Å². The predicted octanol–water partition coefficient (Wildman–Crippen LogP) is 2.81. The number of carboxylic acids is 1. The van der Waals surface area contributed by atoms with Gasteiger partial charge in [-0.3, -0.25) is 9.59 Å². The predicted molar refractivity (Wildman–Crippen MR) is 125 cm³/mol. The summed E-state index contributed by atoms with van der Waals surface area (Å²) in [7, 11) is 0. The molecule has 1 aliphatic carbocycles. The van der Waals surface area contributed by atoms with Crippen molar-refractivity contribution in [3.63, 3.8) is 0 Å². The van der Waals surface area contributed by atoms with Gasteiger partial charge in [0.15, 0.2) is 5.82 Å². The minimum Gasteiger partial charge on any atom is -0.481 e. The zero-order chi connectivity index (χ0) is 24.8. The highest BCUT2D eigenvalue weighted by Gasteiger charge is 2.30. The Labute approximate surface area is 201 Å². The molecule has 0 spiro atoms. The molecule has 1 unspecified atom stereocenters. The Bertz CT molecular complexity index is 1180. The summed E-state index contributed by atoms with van der Waals surface area (Å²) in [4.78, 5) is 40.3. The van der Waals surface area contributed by atoms with E-state index in [4.69, 9.17) is 14.4 Å². The maximum atomic E-state index is 12.6. The lowest BCUT2D eigenvalue weighted by atomic mass is 9.98. The molecule has 35 heavy (non-hydrogen) atoms. The molecule has 0 saturated carbocycles. The summed E-state index contributed by atoms with van der Waals surface area (Å²) < 4.78 is 10.5. The Morgan fingerprint density at radius 2 is 1.74 bits per heavy atom. The van der Waals surface area contributed by atoms with E-state index in [9.17, 15) is 14.4 Å². The summed E-state index contributed by atoms with van der Waals surface area (Å²) in [5, 5.41) is 17.9. The third kappa shape index (κ3) is 5.84. The number of alkyl carbamates (subject to hydrolysis) is 1. The molecule has 3 N–H and O–H groups in total. The minimum atomic E-state index is -1.07. The molecular formula is C25H26N4O6. The molecule has 10 nitrogen and oxygen atoms in total. The molecule has 1 aromatic heterocycles. The number of carboxylic acid groups (broad SMARTS) is 1. The number of ether oxygens (including phenoxy) is 1. The zero-order valence-electron chi connectivity index (χ0n) is 19.2. The van der Waals surface area contributed by atoms with Crippen LogP contribution in [0.5, 0.6) is 0 Å². The minimum absolute atomic E-state index is 0.0783. The van der Waals surface area contributed by atoms with Crippen LogP contribution < -0.4 is 10.6 Å². The van der Waals surface area contributed by atoms with Crippen molar-refractivity contribution < 1.29 is 28.8 Å². The molecule has 2 amide bonds. The second-order valence-electron chi connectivity index (χ2n) is 8.23. The van der Waals surface area contributed by atoms with E-state index in [2.05, 4.69) is 20.8 Å². The van der Waals surface area contributed by atoms with Crippen LogP contribution in [0.4, 0.5) is 4.79 Å². The van der Waals surface area contributed by atoms with Gasteiger partial charge in [-0.25, -0.2) is 4.79 Å². The molecule has 0 bridgehead atoms. The van der Waals surface area contributed by atoms with Gasteiger partial charge in [0, 0.05) is 25.3 Å². The first-order chi connectivity index (χ1) is 16.9. The Morgan fingerprint density at radius 1 is 1.09 bits per heavy atom. The SMILES string of the molecule is Cc1noc(CCNC(=O)C(CCC(=O)O)NC(=O)OCC2c3ccccc3-c3ccccc32)n1. The molecule has 0 radical (unpaired) electrons. The van der Waals surface area contributed by atoms with Crippen LogP contribution in [0.3, 0.4) is 0 Å². The smallest absolute Gasteiger partial charge is 0.407 e. The molecule has 1 atom stereocenters. The second kappa shape index (κ2) is 10.8. The van der Waals surface area contributed by atoms with Crippen LogP contribution in [0.15, 0.2) is 53.1 Å². The summed E-state index contributed by atoms with van der Waals surface area (Å²) in [6.45, 7) is 1.96. The first-order valence-corrected chi connectivity index (χ1v) is 11.3. The van der Waals surface area contributed by atoms with E-state index >= 15 is 0 Å². The molecule has 4 rings (SSSR count). The molecule has 10 heteroatoms.